The average molecular weight is 276 g/mol. The van der Waals surface area contributed by atoms with E-state index in [0.717, 1.165) is 0 Å². The Balaban J connectivity index is -0.00000000222. The Labute approximate surface area is 129 Å². The zero-order valence-corrected chi connectivity index (χ0v) is 10.1. The van der Waals surface area contributed by atoms with Gasteiger partial charge in [0.15, 0.2) is 17.4 Å². The van der Waals surface area contributed by atoms with Gasteiger partial charge >= 0.3 is 61.8 Å². The molecule has 0 aliphatic rings. The van der Waals surface area contributed by atoms with Crippen LogP contribution in [0, 0.1) is 0 Å². The van der Waals surface area contributed by atoms with Gasteiger partial charge in [0.2, 0.25) is 0 Å². The van der Waals surface area contributed by atoms with Gasteiger partial charge in [-0.3, -0.25) is 9.11 Å². The first kappa shape index (κ1) is 83.8. The fourth-order valence-corrected chi connectivity index (χ4v) is 0. The number of hydrogen-bond acceptors (Lipinski definition) is 2. The standard InChI is InChI=1S/Al.K.H2O4S.6H2O.4H/c;;1-5(2,3)4;;;;;;;;;;/h;;(H2,1,2,3,4);6*1H2;;;;/q;+1;;;;;;;;;;;-1. The molecule has 0 unspecified atom stereocenters. The zero-order chi connectivity index (χ0) is 4.50. The van der Waals surface area contributed by atoms with Crippen molar-refractivity contribution in [1.29, 1.82) is 0 Å². The number of rotatable bonds is 0. The van der Waals surface area contributed by atoms with Crippen LogP contribution in [0.3, 0.4) is 0 Å². The van der Waals surface area contributed by atoms with E-state index < -0.39 is 10.4 Å². The molecule has 0 saturated carbocycles. The molecule has 0 rings (SSSR count). The van der Waals surface area contributed by atoms with Gasteiger partial charge in [-0.2, -0.15) is 8.42 Å². The molecule has 0 aliphatic carbocycles. The maximum Gasteiger partial charge on any atom is 1.00 e. The van der Waals surface area contributed by atoms with Gasteiger partial charge in [0.1, 0.15) is 0 Å². The van der Waals surface area contributed by atoms with E-state index in [1.54, 1.807) is 0 Å². The third-order valence-corrected chi connectivity index (χ3v) is 0. The van der Waals surface area contributed by atoms with Crippen LogP contribution in [0.15, 0.2) is 0 Å². The summed E-state index contributed by atoms with van der Waals surface area (Å²) in [6, 6.07) is 0. The monoisotopic (exact) mass is 276 g/mol. The molecule has 0 amide bonds. The van der Waals surface area contributed by atoms with E-state index in [9.17, 15) is 0 Å². The predicted molar refractivity (Wildman–Crippen MR) is 46.9 cm³/mol. The van der Waals surface area contributed by atoms with Gasteiger partial charge in [-0.05, 0) is 0 Å². The SMILES string of the molecule is O.O.O.O.O.O.O=S(=O)(O)O.[AlH3].[H-].[K+]. The third kappa shape index (κ3) is 594. The van der Waals surface area contributed by atoms with E-state index in [1.165, 1.54) is 0 Å². The first-order chi connectivity index (χ1) is 2.00. The van der Waals surface area contributed by atoms with Crippen LogP contribution < -0.4 is 51.4 Å². The minimum atomic E-state index is -4.67. The maximum absolute atomic E-state index is 8.74. The molecule has 88 valence electrons. The van der Waals surface area contributed by atoms with Crippen LogP contribution in [-0.4, -0.2) is 67.7 Å². The molecule has 0 aromatic carbocycles. The first-order valence-corrected chi connectivity index (χ1v) is 2.10. The molecular weight excluding hydrogens is 258 g/mol. The van der Waals surface area contributed by atoms with Crippen molar-refractivity contribution in [3.63, 3.8) is 0 Å². The first-order valence-electron chi connectivity index (χ1n) is 0.698. The normalized spacial score (nSPS) is 4.46. The number of hydrogen-bond donors (Lipinski definition) is 2. The van der Waals surface area contributed by atoms with E-state index in [4.69, 9.17) is 17.5 Å². The van der Waals surface area contributed by atoms with Crippen LogP contribution in [0.1, 0.15) is 1.43 Å². The fraction of sp³-hybridized carbons (Fsp3) is 0. The minimum Gasteiger partial charge on any atom is -1.00 e. The zero-order valence-electron chi connectivity index (χ0n) is 7.12. The van der Waals surface area contributed by atoms with Crippen LogP contribution in [0.2, 0.25) is 0 Å². The van der Waals surface area contributed by atoms with Gasteiger partial charge in [0.25, 0.3) is 0 Å². The smallest absolute Gasteiger partial charge is 1.00 e. The molecule has 13 heteroatoms. The van der Waals surface area contributed by atoms with Gasteiger partial charge in [-0.15, -0.1) is 0 Å². The van der Waals surface area contributed by atoms with E-state index >= 15 is 0 Å². The molecule has 14 N–H and O–H groups in total. The van der Waals surface area contributed by atoms with Crippen molar-refractivity contribution < 1.29 is 103 Å². The average Bonchev–Trinajstić information content (AvgIpc) is 0.722. The largest absolute Gasteiger partial charge is 1.00 e. The molecule has 0 spiro atoms. The Hall–Kier alpha value is 1.80. The Morgan fingerprint density at radius 3 is 0.769 bits per heavy atom. The van der Waals surface area contributed by atoms with Gasteiger partial charge in [0.05, 0.1) is 0 Å². The molecule has 13 heavy (non-hydrogen) atoms. The molecule has 0 atom stereocenters. The van der Waals surface area contributed by atoms with Crippen LogP contribution in [0.4, 0.5) is 0 Å². The van der Waals surface area contributed by atoms with Gasteiger partial charge in [-0.1, -0.05) is 0 Å². The molecule has 0 aromatic heterocycles. The summed E-state index contributed by atoms with van der Waals surface area (Å²) in [6.45, 7) is 0. The second-order valence-corrected chi connectivity index (χ2v) is 1.34. The quantitative estimate of drug-likeness (QED) is 0.322. The summed E-state index contributed by atoms with van der Waals surface area (Å²) < 4.78 is 31.6. The maximum atomic E-state index is 8.74. The van der Waals surface area contributed by atoms with Gasteiger partial charge < -0.3 is 34.3 Å². The van der Waals surface area contributed by atoms with Crippen molar-refractivity contribution in [2.75, 3.05) is 0 Å². The summed E-state index contributed by atoms with van der Waals surface area (Å²) in [5.74, 6) is 0. The van der Waals surface area contributed by atoms with Crippen molar-refractivity contribution in [1.82, 2.24) is 0 Å². The van der Waals surface area contributed by atoms with E-state index in [1.807, 2.05) is 0 Å². The topological polar surface area (TPSA) is 264 Å². The second-order valence-electron chi connectivity index (χ2n) is 0.448. The van der Waals surface area contributed by atoms with Crippen LogP contribution in [0.25, 0.3) is 0 Å². The Bertz CT molecular complexity index is 103. The molecule has 0 saturated heterocycles. The predicted octanol–water partition coefficient (Wildman–Crippen LogP) is -9.67. The summed E-state index contributed by atoms with van der Waals surface area (Å²) in [7, 11) is -4.67. The van der Waals surface area contributed by atoms with E-state index in [2.05, 4.69) is 0 Å². The summed E-state index contributed by atoms with van der Waals surface area (Å²) in [6.07, 6.45) is 0. The summed E-state index contributed by atoms with van der Waals surface area (Å²) in [4.78, 5) is 0. The van der Waals surface area contributed by atoms with Crippen molar-refractivity contribution in [2.45, 2.75) is 0 Å². The Kier molecular flexibility index (Phi) is 240. The fourth-order valence-electron chi connectivity index (χ4n) is 0. The Morgan fingerprint density at radius 1 is 0.769 bits per heavy atom. The third-order valence-electron chi connectivity index (χ3n) is 0. The molecule has 0 fully saturated rings. The van der Waals surface area contributed by atoms with Crippen molar-refractivity contribution >= 4 is 27.8 Å². The van der Waals surface area contributed by atoms with Gasteiger partial charge in [0, 0.05) is 0 Å². The summed E-state index contributed by atoms with van der Waals surface area (Å²) in [5, 5.41) is 0. The van der Waals surface area contributed by atoms with Crippen LogP contribution >= 0.6 is 0 Å². The molecular formula is H18AlKO10S. The van der Waals surface area contributed by atoms with Crippen molar-refractivity contribution in [3.8, 4) is 0 Å². The van der Waals surface area contributed by atoms with Crippen LogP contribution in [0.5, 0.6) is 0 Å². The molecule has 10 nitrogen and oxygen atoms in total. The van der Waals surface area contributed by atoms with Gasteiger partial charge in [-0.25, -0.2) is 0 Å². The van der Waals surface area contributed by atoms with E-state index in [-0.39, 0.29) is 103 Å². The minimum absolute atomic E-state index is 0. The van der Waals surface area contributed by atoms with Crippen molar-refractivity contribution in [2.24, 2.45) is 0 Å². The summed E-state index contributed by atoms with van der Waals surface area (Å²) >= 11 is 0. The van der Waals surface area contributed by atoms with Crippen LogP contribution in [-0.2, 0) is 10.4 Å². The second kappa shape index (κ2) is 37.2. The van der Waals surface area contributed by atoms with E-state index in [0.29, 0.717) is 0 Å². The molecule has 0 aromatic rings. The Morgan fingerprint density at radius 2 is 0.769 bits per heavy atom. The molecule has 0 heterocycles. The molecule has 0 radical (unpaired) electrons. The van der Waals surface area contributed by atoms with Crippen molar-refractivity contribution in [3.05, 3.63) is 0 Å². The molecule has 0 aliphatic heterocycles. The summed E-state index contributed by atoms with van der Waals surface area (Å²) in [5.41, 5.74) is 0. The molecule has 0 bridgehead atoms.